The van der Waals surface area contributed by atoms with Crippen molar-refractivity contribution in [3.8, 4) is 0 Å². The van der Waals surface area contributed by atoms with Gasteiger partial charge in [-0.3, -0.25) is 19.6 Å². The average molecular weight is 773 g/mol. The van der Waals surface area contributed by atoms with E-state index in [1.807, 2.05) is 24.5 Å². The van der Waals surface area contributed by atoms with Crippen LogP contribution in [-0.4, -0.2) is 89.1 Å². The molecule has 57 heavy (non-hydrogen) atoms. The van der Waals surface area contributed by atoms with Crippen LogP contribution in [0, 0.1) is 11.6 Å². The smallest absolute Gasteiger partial charge is 0.246 e. The van der Waals surface area contributed by atoms with E-state index in [1.54, 1.807) is 66.1 Å². The summed E-state index contributed by atoms with van der Waals surface area (Å²) < 4.78 is 30.7. The molecule has 2 aliphatic heterocycles. The largest absolute Gasteiger partial charge is 0.350 e. The van der Waals surface area contributed by atoms with Crippen molar-refractivity contribution in [3.63, 3.8) is 0 Å². The minimum absolute atomic E-state index is 0.0374. The number of anilines is 2. The van der Waals surface area contributed by atoms with Gasteiger partial charge in [0.2, 0.25) is 11.8 Å². The van der Waals surface area contributed by atoms with Crippen LogP contribution in [0.25, 0.3) is 23.4 Å². The van der Waals surface area contributed by atoms with Gasteiger partial charge < -0.3 is 20.0 Å². The molecular weight excluding hydrogens is 731 g/mol. The van der Waals surface area contributed by atoms with Gasteiger partial charge in [-0.25, -0.2) is 27.8 Å². The van der Waals surface area contributed by atoms with Gasteiger partial charge in [-0.15, -0.1) is 0 Å². The summed E-state index contributed by atoms with van der Waals surface area (Å²) in [4.78, 5) is 47.2. The van der Waals surface area contributed by atoms with Gasteiger partial charge in [0.1, 0.15) is 23.3 Å². The first-order chi connectivity index (χ1) is 27.7. The van der Waals surface area contributed by atoms with E-state index in [0.29, 0.717) is 17.3 Å². The van der Waals surface area contributed by atoms with Crippen molar-refractivity contribution in [2.24, 2.45) is 0 Å². The summed E-state index contributed by atoms with van der Waals surface area (Å²) in [6.07, 6.45) is 25.4. The Balaban J connectivity index is 0.000000160. The van der Waals surface area contributed by atoms with E-state index in [4.69, 9.17) is 9.97 Å². The third kappa shape index (κ3) is 8.49. The van der Waals surface area contributed by atoms with Crippen molar-refractivity contribution in [1.29, 1.82) is 0 Å². The van der Waals surface area contributed by atoms with Gasteiger partial charge >= 0.3 is 0 Å². The van der Waals surface area contributed by atoms with Gasteiger partial charge in [-0.2, -0.15) is 10.2 Å². The molecule has 3 fully saturated rings. The van der Waals surface area contributed by atoms with Crippen LogP contribution in [-0.2, 0) is 9.59 Å². The molecule has 9 rings (SSSR count). The minimum Gasteiger partial charge on any atom is -0.350 e. The number of aromatic nitrogens is 8. The maximum Gasteiger partial charge on any atom is 0.246 e. The van der Waals surface area contributed by atoms with E-state index >= 15 is 0 Å². The highest BCUT2D eigenvalue weighted by molar-refractivity contribution is 5.93. The number of amides is 2. The molecule has 1 saturated carbocycles. The van der Waals surface area contributed by atoms with Crippen LogP contribution in [0.5, 0.6) is 0 Å². The van der Waals surface area contributed by atoms with Gasteiger partial charge in [0.25, 0.3) is 0 Å². The first-order valence-corrected chi connectivity index (χ1v) is 19.0. The maximum atomic E-state index is 13.7. The van der Waals surface area contributed by atoms with E-state index in [9.17, 15) is 18.4 Å². The van der Waals surface area contributed by atoms with Gasteiger partial charge in [0.15, 0.2) is 11.3 Å². The second-order valence-corrected chi connectivity index (χ2v) is 14.6. The van der Waals surface area contributed by atoms with Crippen molar-refractivity contribution in [3.05, 3.63) is 120 Å². The first kappa shape index (κ1) is 37.3. The molecule has 14 nitrogen and oxygen atoms in total. The van der Waals surface area contributed by atoms with Crippen molar-refractivity contribution in [2.45, 2.75) is 56.7 Å². The normalized spacial score (nSPS) is 18.2. The Labute approximate surface area is 327 Å². The highest BCUT2D eigenvalue weighted by atomic mass is 19.1. The second-order valence-electron chi connectivity index (χ2n) is 14.6. The number of likely N-dealkylation sites (N-methyl/N-ethyl adjacent to an activating group) is 1. The molecule has 2 unspecified atom stereocenters. The monoisotopic (exact) mass is 772 g/mol. The Morgan fingerprint density at radius 1 is 0.719 bits per heavy atom. The first-order valence-electron chi connectivity index (χ1n) is 19.0. The van der Waals surface area contributed by atoms with Crippen molar-refractivity contribution in [1.82, 2.24) is 49.4 Å². The molecule has 0 aromatic carbocycles. The zero-order valence-corrected chi connectivity index (χ0v) is 31.6. The summed E-state index contributed by atoms with van der Waals surface area (Å²) in [5, 5.41) is 11.5. The van der Waals surface area contributed by atoms with Crippen LogP contribution in [0.2, 0.25) is 0 Å². The zero-order chi connectivity index (χ0) is 39.5. The molecule has 292 valence electrons. The van der Waals surface area contributed by atoms with E-state index in [2.05, 4.69) is 35.3 Å². The van der Waals surface area contributed by atoms with Crippen LogP contribution >= 0.6 is 0 Å². The third-order valence-electron chi connectivity index (χ3n) is 10.3. The van der Waals surface area contributed by atoms with E-state index in [1.165, 1.54) is 35.5 Å². The second kappa shape index (κ2) is 16.3. The zero-order valence-electron chi connectivity index (χ0n) is 31.6. The number of hydrogen-bond donors (Lipinski definition) is 1. The lowest BCUT2D eigenvalue weighted by Crippen LogP contribution is -2.24. The summed E-state index contributed by atoms with van der Waals surface area (Å²) >= 11 is 0. The number of pyridine rings is 2. The van der Waals surface area contributed by atoms with Crippen LogP contribution < -0.4 is 15.1 Å². The van der Waals surface area contributed by atoms with Gasteiger partial charge in [0, 0.05) is 81.3 Å². The molecule has 6 aromatic rings. The fourth-order valence-electron chi connectivity index (χ4n) is 7.26. The number of halogens is 2. The Morgan fingerprint density at radius 2 is 1.23 bits per heavy atom. The fraction of sp³-hybridized carbons (Fsp3) is 0.317. The number of nitrogens with one attached hydrogen (secondary N) is 1. The molecule has 2 atom stereocenters. The summed E-state index contributed by atoms with van der Waals surface area (Å²) in [7, 11) is 3.40. The van der Waals surface area contributed by atoms with Gasteiger partial charge in [0.05, 0.1) is 36.9 Å². The maximum absolute atomic E-state index is 13.7. The average Bonchev–Trinajstić information content (AvgIpc) is 3.63. The lowest BCUT2D eigenvalue weighted by atomic mass is 10.1. The number of carbonyl (C=O) groups is 2. The summed E-state index contributed by atoms with van der Waals surface area (Å²) in [5.41, 5.74) is 4.60. The van der Waals surface area contributed by atoms with Crippen LogP contribution in [0.3, 0.4) is 0 Å². The minimum atomic E-state index is -0.332. The number of carbonyl (C=O) groups excluding carboxylic acids is 2. The molecule has 0 radical (unpaired) electrons. The van der Waals surface area contributed by atoms with Crippen molar-refractivity contribution < 1.29 is 18.4 Å². The molecule has 6 aromatic heterocycles. The number of rotatable bonds is 9. The molecular formula is C41H42F2N12O2. The molecule has 2 amide bonds. The fourth-order valence-corrected chi connectivity index (χ4v) is 7.26. The Kier molecular flexibility index (Phi) is 10.7. The molecule has 2 saturated heterocycles. The SMILES string of the molecule is CN(C)C(=O)/C=C/c1cnn2ccc(N3CCCC3c3cncc(F)c3)nc12.O=C(/C=C/c1cnn2ccc(N3CCCC3c3cncc(F)c3)nc12)NC1CC1. The predicted octanol–water partition coefficient (Wildman–Crippen LogP) is 5.60. The summed E-state index contributed by atoms with van der Waals surface area (Å²) in [6.45, 7) is 1.68. The lowest BCUT2D eigenvalue weighted by molar-refractivity contribution is -0.123. The molecule has 0 bridgehead atoms. The topological polar surface area (TPSA) is 142 Å². The quantitative estimate of drug-likeness (QED) is 0.185. The van der Waals surface area contributed by atoms with Crippen molar-refractivity contribution >= 4 is 46.9 Å². The Bertz CT molecular complexity index is 2470. The predicted molar refractivity (Wildman–Crippen MR) is 211 cm³/mol. The Hall–Kier alpha value is -6.58. The lowest BCUT2D eigenvalue weighted by Gasteiger charge is -2.26. The summed E-state index contributed by atoms with van der Waals surface area (Å²) in [6, 6.07) is 7.30. The van der Waals surface area contributed by atoms with E-state index in [0.717, 1.165) is 85.5 Å². The molecule has 16 heteroatoms. The molecule has 1 aliphatic carbocycles. The van der Waals surface area contributed by atoms with Gasteiger partial charge in [-0.1, -0.05) is 0 Å². The number of nitrogens with zero attached hydrogens (tertiary/aromatic N) is 11. The highest BCUT2D eigenvalue weighted by Gasteiger charge is 2.29. The van der Waals surface area contributed by atoms with Gasteiger partial charge in [-0.05, 0) is 86.1 Å². The van der Waals surface area contributed by atoms with Crippen molar-refractivity contribution in [2.75, 3.05) is 37.0 Å². The highest BCUT2D eigenvalue weighted by Crippen LogP contribution is 2.37. The molecule has 0 spiro atoms. The van der Waals surface area contributed by atoms with Crippen LogP contribution in [0.4, 0.5) is 20.4 Å². The number of hydrogen-bond acceptors (Lipinski definition) is 10. The molecule has 3 aliphatic rings. The third-order valence-corrected chi connectivity index (χ3v) is 10.3. The van der Waals surface area contributed by atoms with Crippen LogP contribution in [0.1, 0.15) is 72.9 Å². The Morgan fingerprint density at radius 3 is 1.70 bits per heavy atom. The molecule has 1 N–H and O–H groups in total. The van der Waals surface area contributed by atoms with E-state index < -0.39 is 0 Å². The molecule has 8 heterocycles. The number of fused-ring (bicyclic) bond motifs is 2. The standard InChI is InChI=1S/C21H21FN6O.C20H21FN6O/c22-16-10-15(11-23-13-16)18-2-1-8-27(18)19-7-9-28-21(26-19)14(12-24-28)3-6-20(29)25-17-4-5-17;1-25(2)19(28)6-5-14-12-23-27-9-7-18(24-20(14)27)26-8-3-4-17(26)15-10-16(21)13-22-11-15/h3,6-7,9-13,17-18H,1-2,4-5,8H2,(H,25,29);5-7,9-13,17H,3-4,8H2,1-2H3/b6-3+;6-5+. The van der Waals surface area contributed by atoms with E-state index in [-0.39, 0.29) is 35.5 Å². The summed E-state index contributed by atoms with van der Waals surface area (Å²) in [5.74, 6) is 0.747. The van der Waals surface area contributed by atoms with Crippen LogP contribution in [0.15, 0.2) is 86.0 Å².